The molecule has 0 radical (unpaired) electrons. The normalized spacial score (nSPS) is 17.2. The zero-order valence-corrected chi connectivity index (χ0v) is 16.2. The fraction of sp³-hybridized carbons (Fsp3) is 0.500. The van der Waals surface area contributed by atoms with Gasteiger partial charge < -0.3 is 4.90 Å². The molecule has 0 atom stereocenters. The standard InChI is InChI=1S/C18H21N7OS/c1-11-12(2)21-18-19-10-20-25(18)17(11)23-6-13(7-23)8-24-16(26)5-14-9-27-4-3-15(14)22-24/h5,10,13H,3-4,6-9H2,1-2H3. The number of fused-ring (bicyclic) bond motifs is 2. The van der Waals surface area contributed by atoms with Crippen molar-refractivity contribution in [1.82, 2.24) is 29.4 Å². The smallest absolute Gasteiger partial charge is 0.267 e. The largest absolute Gasteiger partial charge is 0.355 e. The third kappa shape index (κ3) is 2.80. The van der Waals surface area contributed by atoms with Gasteiger partial charge in [-0.2, -0.15) is 31.5 Å². The van der Waals surface area contributed by atoms with Gasteiger partial charge in [-0.25, -0.2) is 9.67 Å². The van der Waals surface area contributed by atoms with Crippen LogP contribution in [0.15, 0.2) is 17.2 Å². The van der Waals surface area contributed by atoms with Crippen LogP contribution in [-0.2, 0) is 18.7 Å². The Morgan fingerprint density at radius 3 is 3.00 bits per heavy atom. The molecule has 27 heavy (non-hydrogen) atoms. The van der Waals surface area contributed by atoms with Crippen LogP contribution in [0.5, 0.6) is 0 Å². The number of nitrogens with zero attached hydrogens (tertiary/aromatic N) is 7. The average Bonchev–Trinajstić information content (AvgIpc) is 3.08. The minimum absolute atomic E-state index is 0.0179. The van der Waals surface area contributed by atoms with Crippen molar-refractivity contribution in [2.45, 2.75) is 32.6 Å². The zero-order valence-electron chi connectivity index (χ0n) is 15.4. The topological polar surface area (TPSA) is 81.2 Å². The summed E-state index contributed by atoms with van der Waals surface area (Å²) in [6.45, 7) is 6.49. The number of aryl methyl sites for hydroxylation is 2. The molecule has 2 aliphatic heterocycles. The number of hydrogen-bond donors (Lipinski definition) is 0. The second-order valence-corrected chi connectivity index (χ2v) is 8.43. The van der Waals surface area contributed by atoms with Gasteiger partial charge in [0.2, 0.25) is 0 Å². The van der Waals surface area contributed by atoms with E-state index >= 15 is 0 Å². The summed E-state index contributed by atoms with van der Waals surface area (Å²) in [7, 11) is 0. The number of thioether (sulfide) groups is 1. The van der Waals surface area contributed by atoms with Crippen molar-refractivity contribution in [2.75, 3.05) is 23.7 Å². The van der Waals surface area contributed by atoms with Gasteiger partial charge in [0.15, 0.2) is 0 Å². The first-order chi connectivity index (χ1) is 13.1. The summed E-state index contributed by atoms with van der Waals surface area (Å²) in [5, 5.41) is 8.97. The molecule has 0 saturated carbocycles. The first-order valence-corrected chi connectivity index (χ1v) is 10.3. The third-order valence-electron chi connectivity index (χ3n) is 5.47. The van der Waals surface area contributed by atoms with Crippen molar-refractivity contribution in [3.05, 3.63) is 45.3 Å². The van der Waals surface area contributed by atoms with Crippen molar-refractivity contribution in [2.24, 2.45) is 5.92 Å². The Balaban J connectivity index is 1.36. The molecule has 8 nitrogen and oxygen atoms in total. The molecule has 5 rings (SSSR count). The first-order valence-electron chi connectivity index (χ1n) is 9.19. The van der Waals surface area contributed by atoms with Crippen LogP contribution in [0.4, 0.5) is 5.82 Å². The van der Waals surface area contributed by atoms with Crippen molar-refractivity contribution >= 4 is 23.4 Å². The third-order valence-corrected chi connectivity index (χ3v) is 6.48. The minimum atomic E-state index is 0.0179. The lowest BCUT2D eigenvalue weighted by molar-refractivity contribution is 0.329. The quantitative estimate of drug-likeness (QED) is 0.673. The fourth-order valence-electron chi connectivity index (χ4n) is 3.87. The summed E-state index contributed by atoms with van der Waals surface area (Å²) < 4.78 is 3.46. The van der Waals surface area contributed by atoms with Gasteiger partial charge in [0, 0.05) is 48.5 Å². The molecule has 0 spiro atoms. The van der Waals surface area contributed by atoms with E-state index in [4.69, 9.17) is 0 Å². The highest BCUT2D eigenvalue weighted by atomic mass is 32.2. The van der Waals surface area contributed by atoms with Crippen LogP contribution >= 0.6 is 11.8 Å². The average molecular weight is 383 g/mol. The van der Waals surface area contributed by atoms with Crippen molar-refractivity contribution < 1.29 is 0 Å². The molecule has 0 aromatic carbocycles. The molecule has 0 bridgehead atoms. The van der Waals surface area contributed by atoms with Gasteiger partial charge in [-0.1, -0.05) is 0 Å². The van der Waals surface area contributed by atoms with Gasteiger partial charge in [-0.05, 0) is 25.2 Å². The molecule has 1 fully saturated rings. The summed E-state index contributed by atoms with van der Waals surface area (Å²) in [6, 6.07) is 1.78. The molecular weight excluding hydrogens is 362 g/mol. The van der Waals surface area contributed by atoms with Gasteiger partial charge >= 0.3 is 0 Å². The van der Waals surface area contributed by atoms with Crippen molar-refractivity contribution in [1.29, 1.82) is 0 Å². The Morgan fingerprint density at radius 2 is 2.15 bits per heavy atom. The minimum Gasteiger partial charge on any atom is -0.355 e. The lowest BCUT2D eigenvalue weighted by Crippen LogP contribution is -2.51. The Labute approximate surface area is 160 Å². The second-order valence-electron chi connectivity index (χ2n) is 7.33. The van der Waals surface area contributed by atoms with Crippen molar-refractivity contribution in [3.8, 4) is 0 Å². The van der Waals surface area contributed by atoms with Crippen LogP contribution < -0.4 is 10.5 Å². The maximum atomic E-state index is 12.4. The second kappa shape index (κ2) is 6.33. The van der Waals surface area contributed by atoms with Gasteiger partial charge in [-0.3, -0.25) is 4.79 Å². The molecule has 3 aromatic heterocycles. The number of hydrogen-bond acceptors (Lipinski definition) is 7. The Morgan fingerprint density at radius 1 is 1.30 bits per heavy atom. The summed E-state index contributed by atoms with van der Waals surface area (Å²) in [5.74, 6) is 4.07. The Kier molecular flexibility index (Phi) is 3.92. The maximum Gasteiger partial charge on any atom is 0.267 e. The molecule has 5 heterocycles. The van der Waals surface area contributed by atoms with E-state index < -0.39 is 0 Å². The predicted octanol–water partition coefficient (Wildman–Crippen LogP) is 1.22. The fourth-order valence-corrected chi connectivity index (χ4v) is 4.82. The monoisotopic (exact) mass is 383 g/mol. The molecule has 0 amide bonds. The maximum absolute atomic E-state index is 12.4. The first kappa shape index (κ1) is 16.7. The molecule has 2 aliphatic rings. The van der Waals surface area contributed by atoms with E-state index in [0.717, 1.165) is 59.3 Å². The van der Waals surface area contributed by atoms with E-state index in [2.05, 4.69) is 32.0 Å². The lowest BCUT2D eigenvalue weighted by atomic mass is 9.99. The Hall–Kier alpha value is -2.42. The molecular formula is C18H21N7OS. The number of rotatable bonds is 3. The van der Waals surface area contributed by atoms with Crippen LogP contribution in [0.2, 0.25) is 0 Å². The number of anilines is 1. The molecule has 0 aliphatic carbocycles. The summed E-state index contributed by atoms with van der Waals surface area (Å²) >= 11 is 1.87. The summed E-state index contributed by atoms with van der Waals surface area (Å²) in [4.78, 5) is 23.4. The Bertz CT molecular complexity index is 1080. The lowest BCUT2D eigenvalue weighted by Gasteiger charge is -2.41. The SMILES string of the molecule is Cc1nc2ncnn2c(N2CC(Cn3nc4c(cc3=O)CSCC4)C2)c1C. The van der Waals surface area contributed by atoms with Crippen molar-refractivity contribution in [3.63, 3.8) is 0 Å². The van der Waals surface area contributed by atoms with E-state index in [1.807, 2.05) is 18.7 Å². The highest BCUT2D eigenvalue weighted by molar-refractivity contribution is 7.98. The molecule has 1 saturated heterocycles. The molecule has 0 unspecified atom stereocenters. The van der Waals surface area contributed by atoms with E-state index in [9.17, 15) is 4.79 Å². The molecule has 140 valence electrons. The van der Waals surface area contributed by atoms with E-state index in [1.54, 1.807) is 15.3 Å². The molecule has 0 N–H and O–H groups in total. The summed E-state index contributed by atoms with van der Waals surface area (Å²) in [6.07, 6.45) is 2.49. The van der Waals surface area contributed by atoms with Gasteiger partial charge in [-0.15, -0.1) is 0 Å². The molecule has 3 aromatic rings. The predicted molar refractivity (Wildman–Crippen MR) is 104 cm³/mol. The molecule has 9 heteroatoms. The van der Waals surface area contributed by atoms with Crippen LogP contribution in [0.3, 0.4) is 0 Å². The van der Waals surface area contributed by atoms with E-state index in [0.29, 0.717) is 18.2 Å². The van der Waals surface area contributed by atoms with Crippen LogP contribution in [-0.4, -0.2) is 48.2 Å². The van der Waals surface area contributed by atoms with Crippen LogP contribution in [0.25, 0.3) is 5.78 Å². The van der Waals surface area contributed by atoms with E-state index in [1.165, 1.54) is 6.33 Å². The van der Waals surface area contributed by atoms with Gasteiger partial charge in [0.25, 0.3) is 11.3 Å². The van der Waals surface area contributed by atoms with E-state index in [-0.39, 0.29) is 5.56 Å². The van der Waals surface area contributed by atoms with Gasteiger partial charge in [0.05, 0.1) is 12.2 Å². The van der Waals surface area contributed by atoms with Crippen LogP contribution in [0.1, 0.15) is 22.5 Å². The highest BCUT2D eigenvalue weighted by Gasteiger charge is 2.31. The zero-order chi connectivity index (χ0) is 18.5. The van der Waals surface area contributed by atoms with Gasteiger partial charge in [0.1, 0.15) is 12.1 Å². The summed E-state index contributed by atoms with van der Waals surface area (Å²) in [5.41, 5.74) is 4.31. The highest BCUT2D eigenvalue weighted by Crippen LogP contribution is 2.29. The van der Waals surface area contributed by atoms with Crippen LogP contribution in [0, 0.1) is 19.8 Å². The number of aromatic nitrogens is 6.